The number of carbonyl (C=O) groups excluding carboxylic acids is 2. The Morgan fingerprint density at radius 3 is 2.41 bits per heavy atom. The number of nitrogens with two attached hydrogens (primary N) is 1. The molecule has 0 aliphatic carbocycles. The third kappa shape index (κ3) is 4.44. The van der Waals surface area contributed by atoms with E-state index in [0.29, 0.717) is 29.4 Å². The van der Waals surface area contributed by atoms with Crippen molar-refractivity contribution in [3.8, 4) is 11.5 Å². The number of nitrogens with zero attached hydrogens (tertiary/aromatic N) is 1. The molecular weight excluding hydrogens is 352 g/mol. The Kier molecular flexibility index (Phi) is 7.29. The molecule has 150 valence electrons. The monoisotopic (exact) mass is 380 g/mol. The smallest absolute Gasteiger partial charge is 0.415 e. The van der Waals surface area contributed by atoms with Gasteiger partial charge in [-0.1, -0.05) is 13.3 Å². The van der Waals surface area contributed by atoms with Crippen LogP contribution in [0.5, 0.6) is 11.5 Å². The Morgan fingerprint density at radius 1 is 1.15 bits per heavy atom. The highest BCUT2D eigenvalue weighted by Gasteiger charge is 2.41. The Morgan fingerprint density at radius 2 is 1.81 bits per heavy atom. The summed E-state index contributed by atoms with van der Waals surface area (Å²) in [5.74, 6) is 0.435. The molecule has 0 spiro atoms. The molecule has 0 bridgehead atoms. The number of methoxy groups -OCH3 is 2. The fourth-order valence-electron chi connectivity index (χ4n) is 3.06. The first-order valence-corrected chi connectivity index (χ1v) is 9.12. The molecule has 2 unspecified atom stereocenters. The molecule has 0 saturated heterocycles. The number of carbonyl (C=O) groups is 2. The molecule has 2 atom stereocenters. The number of anilines is 1. The number of rotatable bonds is 7. The van der Waals surface area contributed by atoms with Crippen molar-refractivity contribution in [1.82, 2.24) is 0 Å². The zero-order valence-corrected chi connectivity index (χ0v) is 16.3. The van der Waals surface area contributed by atoms with Crippen LogP contribution in [-0.4, -0.2) is 45.5 Å². The topological polar surface area (TPSA) is 100 Å². The zero-order valence-electron chi connectivity index (χ0n) is 16.3. The van der Waals surface area contributed by atoms with Crippen LogP contribution in [0.3, 0.4) is 0 Å². The Hall–Kier alpha value is -2.48. The minimum absolute atomic E-state index is 0.182. The van der Waals surface area contributed by atoms with Gasteiger partial charge in [0.1, 0.15) is 6.04 Å². The summed E-state index contributed by atoms with van der Waals surface area (Å²) < 4.78 is 21.2. The summed E-state index contributed by atoms with van der Waals surface area (Å²) in [5.41, 5.74) is 7.44. The minimum Gasteiger partial charge on any atom is -0.493 e. The predicted octanol–water partition coefficient (Wildman–Crippen LogP) is 2.78. The van der Waals surface area contributed by atoms with Crippen LogP contribution < -0.4 is 20.1 Å². The standard InChI is InChI=1S/C19H28N2O6/c1-5-7-8-27-18(22)15-10-13(20)12-9-16(24-3)17(25-4)11-14(12)21(15)19(23)26-6-2/h9,11,13,15H,5-8,10,20H2,1-4H3. The van der Waals surface area contributed by atoms with Crippen LogP contribution in [0.4, 0.5) is 10.5 Å². The van der Waals surface area contributed by atoms with Crippen molar-refractivity contribution in [2.24, 2.45) is 5.73 Å². The number of unbranched alkanes of at least 4 members (excludes halogenated alkanes) is 1. The maximum atomic E-state index is 12.6. The van der Waals surface area contributed by atoms with Gasteiger partial charge in [0.25, 0.3) is 0 Å². The van der Waals surface area contributed by atoms with Crippen molar-refractivity contribution in [3.05, 3.63) is 17.7 Å². The lowest BCUT2D eigenvalue weighted by Gasteiger charge is -2.38. The summed E-state index contributed by atoms with van der Waals surface area (Å²) >= 11 is 0. The third-order valence-electron chi connectivity index (χ3n) is 4.46. The highest BCUT2D eigenvalue weighted by atomic mass is 16.6. The second kappa shape index (κ2) is 9.45. The van der Waals surface area contributed by atoms with Gasteiger partial charge in [0.05, 0.1) is 33.1 Å². The lowest BCUT2D eigenvalue weighted by Crippen LogP contribution is -2.51. The number of esters is 1. The molecule has 0 saturated carbocycles. The van der Waals surface area contributed by atoms with E-state index < -0.39 is 24.1 Å². The average molecular weight is 380 g/mol. The summed E-state index contributed by atoms with van der Waals surface area (Å²) in [6, 6.07) is 2.04. The number of ether oxygens (including phenoxy) is 4. The number of benzene rings is 1. The molecule has 2 N–H and O–H groups in total. The van der Waals surface area contributed by atoms with Crippen LogP contribution in [-0.2, 0) is 14.3 Å². The van der Waals surface area contributed by atoms with Crippen LogP contribution in [0.25, 0.3) is 0 Å². The van der Waals surface area contributed by atoms with E-state index in [-0.39, 0.29) is 13.0 Å². The van der Waals surface area contributed by atoms with E-state index in [9.17, 15) is 9.59 Å². The van der Waals surface area contributed by atoms with E-state index in [0.717, 1.165) is 12.8 Å². The van der Waals surface area contributed by atoms with Gasteiger partial charge in [0.15, 0.2) is 11.5 Å². The fourth-order valence-corrected chi connectivity index (χ4v) is 3.06. The predicted molar refractivity (Wildman–Crippen MR) is 100 cm³/mol. The van der Waals surface area contributed by atoms with Crippen molar-refractivity contribution in [3.63, 3.8) is 0 Å². The van der Waals surface area contributed by atoms with Crippen molar-refractivity contribution in [2.75, 3.05) is 32.3 Å². The van der Waals surface area contributed by atoms with E-state index in [1.807, 2.05) is 6.92 Å². The van der Waals surface area contributed by atoms with Gasteiger partial charge < -0.3 is 24.7 Å². The van der Waals surface area contributed by atoms with E-state index in [2.05, 4.69) is 0 Å². The second-order valence-electron chi connectivity index (χ2n) is 6.21. The summed E-state index contributed by atoms with van der Waals surface area (Å²) in [6.45, 7) is 4.20. The average Bonchev–Trinajstić information content (AvgIpc) is 2.66. The van der Waals surface area contributed by atoms with Crippen LogP contribution >= 0.6 is 0 Å². The minimum atomic E-state index is -0.860. The molecule has 1 aliphatic heterocycles. The molecule has 1 aromatic rings. The molecule has 1 amide bonds. The molecule has 1 aliphatic rings. The number of hydrogen-bond acceptors (Lipinski definition) is 7. The van der Waals surface area contributed by atoms with Gasteiger partial charge in [-0.3, -0.25) is 4.90 Å². The number of fused-ring (bicyclic) bond motifs is 1. The van der Waals surface area contributed by atoms with Crippen molar-refractivity contribution < 1.29 is 28.5 Å². The summed E-state index contributed by atoms with van der Waals surface area (Å²) in [4.78, 5) is 26.6. The van der Waals surface area contributed by atoms with Gasteiger partial charge in [0.2, 0.25) is 0 Å². The van der Waals surface area contributed by atoms with E-state index >= 15 is 0 Å². The number of hydrogen-bond donors (Lipinski definition) is 1. The lowest BCUT2D eigenvalue weighted by atomic mass is 9.91. The Bertz CT molecular complexity index is 678. The molecule has 1 heterocycles. The van der Waals surface area contributed by atoms with Gasteiger partial charge in [-0.15, -0.1) is 0 Å². The van der Waals surface area contributed by atoms with Crippen molar-refractivity contribution in [1.29, 1.82) is 0 Å². The maximum Gasteiger partial charge on any atom is 0.415 e. The van der Waals surface area contributed by atoms with Gasteiger partial charge in [-0.05, 0) is 31.4 Å². The Balaban J connectivity index is 2.47. The normalized spacial score (nSPS) is 18.5. The largest absolute Gasteiger partial charge is 0.493 e. The van der Waals surface area contributed by atoms with Crippen LogP contribution in [0.1, 0.15) is 44.7 Å². The highest BCUT2D eigenvalue weighted by Crippen LogP contribution is 2.43. The molecule has 8 heteroatoms. The lowest BCUT2D eigenvalue weighted by molar-refractivity contribution is -0.145. The number of amides is 1. The second-order valence-corrected chi connectivity index (χ2v) is 6.21. The van der Waals surface area contributed by atoms with E-state index in [1.54, 1.807) is 19.1 Å². The maximum absolute atomic E-state index is 12.6. The van der Waals surface area contributed by atoms with E-state index in [1.165, 1.54) is 19.1 Å². The van der Waals surface area contributed by atoms with Gasteiger partial charge in [-0.25, -0.2) is 9.59 Å². The van der Waals surface area contributed by atoms with Crippen LogP contribution in [0.15, 0.2) is 12.1 Å². The van der Waals surface area contributed by atoms with Gasteiger partial charge >= 0.3 is 12.1 Å². The van der Waals surface area contributed by atoms with Crippen molar-refractivity contribution >= 4 is 17.7 Å². The van der Waals surface area contributed by atoms with Crippen molar-refractivity contribution in [2.45, 2.75) is 45.2 Å². The molecule has 0 fully saturated rings. The first kappa shape index (κ1) is 20.8. The van der Waals surface area contributed by atoms with Gasteiger partial charge in [-0.2, -0.15) is 0 Å². The van der Waals surface area contributed by atoms with Crippen LogP contribution in [0, 0.1) is 0 Å². The third-order valence-corrected chi connectivity index (χ3v) is 4.46. The molecule has 0 aromatic heterocycles. The zero-order chi connectivity index (χ0) is 20.0. The summed E-state index contributed by atoms with van der Waals surface area (Å²) in [7, 11) is 3.02. The summed E-state index contributed by atoms with van der Waals surface area (Å²) in [5, 5.41) is 0. The van der Waals surface area contributed by atoms with Gasteiger partial charge in [0, 0.05) is 12.1 Å². The Labute approximate surface area is 159 Å². The molecular formula is C19H28N2O6. The first-order valence-electron chi connectivity index (χ1n) is 9.12. The van der Waals surface area contributed by atoms with Crippen LogP contribution in [0.2, 0.25) is 0 Å². The molecule has 0 radical (unpaired) electrons. The SMILES string of the molecule is CCCCOC(=O)C1CC(N)c2cc(OC)c(OC)cc2N1C(=O)OCC. The highest BCUT2D eigenvalue weighted by molar-refractivity contribution is 5.98. The quantitative estimate of drug-likeness (QED) is 0.573. The fraction of sp³-hybridized carbons (Fsp3) is 0.579. The molecule has 1 aromatic carbocycles. The molecule has 8 nitrogen and oxygen atoms in total. The molecule has 27 heavy (non-hydrogen) atoms. The molecule has 2 rings (SSSR count). The first-order chi connectivity index (χ1) is 13.0. The summed E-state index contributed by atoms with van der Waals surface area (Å²) in [6.07, 6.45) is 1.26. The van der Waals surface area contributed by atoms with E-state index in [4.69, 9.17) is 24.7 Å².